The Morgan fingerprint density at radius 3 is 2.69 bits per heavy atom. The van der Waals surface area contributed by atoms with Crippen molar-refractivity contribution in [1.82, 2.24) is 9.78 Å². The second-order valence-electron chi connectivity index (χ2n) is 3.91. The molecule has 0 amide bonds. The third-order valence-corrected chi connectivity index (χ3v) is 2.90. The van der Waals surface area contributed by atoms with Crippen LogP contribution in [0.1, 0.15) is 18.2 Å². The van der Waals surface area contributed by atoms with Crippen LogP contribution in [-0.4, -0.2) is 39.6 Å². The highest BCUT2D eigenvalue weighted by atomic mass is 32.1. The largest absolute Gasteiger partial charge is 0.394 e. The molecule has 0 bridgehead atoms. The number of nitrogens with two attached hydrogens (primary N) is 1. The van der Waals surface area contributed by atoms with Crippen LogP contribution in [0.2, 0.25) is 0 Å². The smallest absolute Gasteiger partial charge is 0.137 e. The van der Waals surface area contributed by atoms with Crippen molar-refractivity contribution in [1.29, 1.82) is 0 Å². The molecule has 0 aromatic carbocycles. The summed E-state index contributed by atoms with van der Waals surface area (Å²) in [4.78, 5) is 2.26. The van der Waals surface area contributed by atoms with Gasteiger partial charge >= 0.3 is 0 Å². The van der Waals surface area contributed by atoms with Crippen LogP contribution >= 0.6 is 12.2 Å². The van der Waals surface area contributed by atoms with Gasteiger partial charge < -0.3 is 15.7 Å². The normalized spacial score (nSPS) is 12.6. The molecular formula is C10H18N4OS. The zero-order chi connectivity index (χ0) is 12.5. The van der Waals surface area contributed by atoms with Gasteiger partial charge in [0.15, 0.2) is 0 Å². The monoisotopic (exact) mass is 242 g/mol. The Labute approximate surface area is 101 Å². The predicted octanol–water partition coefficient (Wildman–Crippen LogP) is 0.180. The summed E-state index contributed by atoms with van der Waals surface area (Å²) in [6, 6.07) is -0.0112. The number of rotatable bonds is 4. The van der Waals surface area contributed by atoms with Crippen LogP contribution in [0.15, 0.2) is 0 Å². The summed E-state index contributed by atoms with van der Waals surface area (Å²) in [6.07, 6.45) is 0. The van der Waals surface area contributed by atoms with Crippen molar-refractivity contribution in [2.75, 3.05) is 18.6 Å². The number of aliphatic hydroxyl groups excluding tert-OH is 1. The van der Waals surface area contributed by atoms with E-state index in [2.05, 4.69) is 5.10 Å². The maximum absolute atomic E-state index is 9.16. The van der Waals surface area contributed by atoms with Crippen molar-refractivity contribution in [2.24, 2.45) is 12.8 Å². The molecule has 0 fully saturated rings. The fourth-order valence-corrected chi connectivity index (χ4v) is 1.91. The first-order valence-corrected chi connectivity index (χ1v) is 5.48. The van der Waals surface area contributed by atoms with Crippen LogP contribution in [0.25, 0.3) is 0 Å². The molecule has 16 heavy (non-hydrogen) atoms. The van der Waals surface area contributed by atoms with Crippen molar-refractivity contribution in [3.63, 3.8) is 0 Å². The molecule has 0 saturated heterocycles. The summed E-state index contributed by atoms with van der Waals surface area (Å²) in [6.45, 7) is 3.86. The van der Waals surface area contributed by atoms with E-state index >= 15 is 0 Å². The molecule has 0 saturated carbocycles. The van der Waals surface area contributed by atoms with E-state index in [0.717, 1.165) is 17.1 Å². The molecule has 1 rings (SSSR count). The Balaban J connectivity index is 3.26. The molecular weight excluding hydrogens is 224 g/mol. The van der Waals surface area contributed by atoms with E-state index < -0.39 is 0 Å². The van der Waals surface area contributed by atoms with Crippen LogP contribution in [0.3, 0.4) is 0 Å². The van der Waals surface area contributed by atoms with Gasteiger partial charge in [0.2, 0.25) is 0 Å². The highest BCUT2D eigenvalue weighted by molar-refractivity contribution is 7.80. The molecule has 0 aliphatic heterocycles. The number of aliphatic hydroxyl groups is 1. The lowest BCUT2D eigenvalue weighted by atomic mass is 10.2. The van der Waals surface area contributed by atoms with E-state index in [-0.39, 0.29) is 12.6 Å². The van der Waals surface area contributed by atoms with E-state index in [1.54, 1.807) is 4.68 Å². The van der Waals surface area contributed by atoms with Crippen molar-refractivity contribution < 1.29 is 5.11 Å². The predicted molar refractivity (Wildman–Crippen MR) is 68.8 cm³/mol. The number of hydrogen-bond acceptors (Lipinski definition) is 4. The first-order chi connectivity index (χ1) is 7.40. The average Bonchev–Trinajstić information content (AvgIpc) is 2.51. The van der Waals surface area contributed by atoms with Gasteiger partial charge in [-0.25, -0.2) is 0 Å². The SMILES string of the molecule is Cc1nn(C)c(N(C)C(C)CO)c1C(N)=S. The molecule has 1 heterocycles. The minimum atomic E-state index is -0.0112. The average molecular weight is 242 g/mol. The van der Waals surface area contributed by atoms with Gasteiger partial charge in [0.1, 0.15) is 10.8 Å². The molecule has 0 radical (unpaired) electrons. The molecule has 5 nitrogen and oxygen atoms in total. The Morgan fingerprint density at radius 2 is 2.25 bits per heavy atom. The molecule has 90 valence electrons. The number of aromatic nitrogens is 2. The topological polar surface area (TPSA) is 67.3 Å². The lowest BCUT2D eigenvalue weighted by molar-refractivity contribution is 0.269. The van der Waals surface area contributed by atoms with Gasteiger partial charge in [-0.2, -0.15) is 5.10 Å². The molecule has 3 N–H and O–H groups in total. The number of thiocarbonyl (C=S) groups is 1. The molecule has 1 aromatic rings. The quantitative estimate of drug-likeness (QED) is 0.737. The van der Waals surface area contributed by atoms with Crippen LogP contribution in [0.5, 0.6) is 0 Å². The van der Waals surface area contributed by atoms with Crippen LogP contribution in [0.4, 0.5) is 5.82 Å². The zero-order valence-corrected chi connectivity index (χ0v) is 10.9. The zero-order valence-electron chi connectivity index (χ0n) is 10.1. The van der Waals surface area contributed by atoms with Gasteiger partial charge in [0.05, 0.1) is 23.9 Å². The standard InChI is InChI=1S/C10H18N4OS/c1-6(5-15)13(3)10-8(9(11)16)7(2)12-14(10)4/h6,15H,5H2,1-4H3,(H2,11,16). The second kappa shape index (κ2) is 4.80. The summed E-state index contributed by atoms with van der Waals surface area (Å²) in [7, 11) is 3.73. The van der Waals surface area contributed by atoms with E-state index in [1.807, 2.05) is 32.8 Å². The van der Waals surface area contributed by atoms with E-state index in [4.69, 9.17) is 23.1 Å². The minimum Gasteiger partial charge on any atom is -0.394 e. The number of nitrogens with zero attached hydrogens (tertiary/aromatic N) is 3. The van der Waals surface area contributed by atoms with Gasteiger partial charge in [0.25, 0.3) is 0 Å². The molecule has 6 heteroatoms. The highest BCUT2D eigenvalue weighted by Crippen LogP contribution is 2.23. The number of hydrogen-bond donors (Lipinski definition) is 2. The second-order valence-corrected chi connectivity index (χ2v) is 4.35. The van der Waals surface area contributed by atoms with Crippen molar-refractivity contribution in [2.45, 2.75) is 19.9 Å². The number of anilines is 1. The highest BCUT2D eigenvalue weighted by Gasteiger charge is 2.21. The van der Waals surface area contributed by atoms with Gasteiger partial charge in [0, 0.05) is 14.1 Å². The molecule has 0 spiro atoms. The third kappa shape index (κ3) is 2.17. The lowest BCUT2D eigenvalue weighted by Crippen LogP contribution is -2.34. The van der Waals surface area contributed by atoms with Crippen molar-refractivity contribution >= 4 is 23.0 Å². The van der Waals surface area contributed by atoms with Crippen LogP contribution < -0.4 is 10.6 Å². The summed E-state index contributed by atoms with van der Waals surface area (Å²) in [5, 5.41) is 13.5. The minimum absolute atomic E-state index is 0.0112. The van der Waals surface area contributed by atoms with Gasteiger partial charge in [-0.1, -0.05) is 12.2 Å². The fourth-order valence-electron chi connectivity index (χ4n) is 1.67. The first-order valence-electron chi connectivity index (χ1n) is 5.07. The van der Waals surface area contributed by atoms with Gasteiger partial charge in [-0.3, -0.25) is 4.68 Å². The molecule has 1 unspecified atom stereocenters. The summed E-state index contributed by atoms with van der Waals surface area (Å²) in [5.74, 6) is 0.839. The third-order valence-electron chi connectivity index (χ3n) is 2.70. The maximum Gasteiger partial charge on any atom is 0.137 e. The van der Waals surface area contributed by atoms with E-state index in [0.29, 0.717) is 4.99 Å². The van der Waals surface area contributed by atoms with E-state index in [1.165, 1.54) is 0 Å². The first kappa shape index (κ1) is 12.9. The maximum atomic E-state index is 9.16. The number of aryl methyl sites for hydroxylation is 2. The molecule has 1 atom stereocenters. The molecule has 0 aliphatic rings. The molecule has 1 aromatic heterocycles. The Bertz CT molecular complexity index is 402. The van der Waals surface area contributed by atoms with Gasteiger partial charge in [-0.05, 0) is 13.8 Å². The summed E-state index contributed by atoms with van der Waals surface area (Å²) in [5.41, 5.74) is 7.28. The summed E-state index contributed by atoms with van der Waals surface area (Å²) < 4.78 is 1.73. The Morgan fingerprint density at radius 1 is 1.69 bits per heavy atom. The summed E-state index contributed by atoms with van der Waals surface area (Å²) >= 11 is 5.03. The van der Waals surface area contributed by atoms with Crippen LogP contribution in [0, 0.1) is 6.92 Å². The van der Waals surface area contributed by atoms with Crippen molar-refractivity contribution in [3.05, 3.63) is 11.3 Å². The Kier molecular flexibility index (Phi) is 3.88. The van der Waals surface area contributed by atoms with Gasteiger partial charge in [-0.15, -0.1) is 0 Å². The number of likely N-dealkylation sites (N-methyl/N-ethyl adjacent to an activating group) is 1. The lowest BCUT2D eigenvalue weighted by Gasteiger charge is -2.26. The Hall–Kier alpha value is -1.14. The fraction of sp³-hybridized carbons (Fsp3) is 0.600. The molecule has 0 aliphatic carbocycles. The van der Waals surface area contributed by atoms with Crippen molar-refractivity contribution in [3.8, 4) is 0 Å². The van der Waals surface area contributed by atoms with Crippen LogP contribution in [-0.2, 0) is 7.05 Å². The van der Waals surface area contributed by atoms with E-state index in [9.17, 15) is 0 Å².